The number of nitrogens with two attached hydrogens (primary N) is 1. The number of aliphatic hydroxyl groups is 1. The van der Waals surface area contributed by atoms with E-state index >= 15 is 0 Å². The van der Waals surface area contributed by atoms with E-state index in [1.54, 1.807) is 62.4 Å². The Balaban J connectivity index is 0.00000292. The van der Waals surface area contributed by atoms with Crippen molar-refractivity contribution in [3.8, 4) is 10.6 Å². The molecule has 0 aliphatic carbocycles. The summed E-state index contributed by atoms with van der Waals surface area (Å²) in [4.78, 5) is 16.3. The third kappa shape index (κ3) is 8.75. The number of thiazole rings is 1. The standard InChI is InChI=1S/C31H27N7O8S3.2Na/c1-16-6-12-24-27(28(16)49(44,45)46)47-30(34-24)18-7-10-22(11-8-18)38-31(40)26(17(2)37-38)36-35-23-13-9-21(15-25(23)48(41,42)43)33-29(39)19-4-3-5-20(32)14-19;;/h3-15,26,31,40H,32H2,1-2H3,(H,33,39)(H,41,42,43)(H,44,45,46);;. The van der Waals surface area contributed by atoms with Gasteiger partial charge < -0.3 is 16.2 Å². The van der Waals surface area contributed by atoms with Crippen LogP contribution in [-0.4, -0.2) is 119 Å². The minimum Gasteiger partial charge on any atom is -0.399 e. The van der Waals surface area contributed by atoms with Crippen LogP contribution in [0.2, 0.25) is 0 Å². The number of anilines is 3. The Bertz CT molecular complexity index is 2420. The maximum Gasteiger partial charge on any atom is 0.296 e. The van der Waals surface area contributed by atoms with Crippen LogP contribution in [0.1, 0.15) is 22.8 Å². The Morgan fingerprint density at radius 2 is 1.65 bits per heavy atom. The van der Waals surface area contributed by atoms with Gasteiger partial charge in [0.05, 0.1) is 21.6 Å². The predicted molar refractivity (Wildman–Crippen MR) is 196 cm³/mol. The zero-order valence-corrected chi connectivity index (χ0v) is 34.0. The number of azo groups is 1. The Hall–Kier alpha value is -3.11. The fraction of sp³-hybridized carbons (Fsp3) is 0.129. The molecule has 5 aromatic rings. The van der Waals surface area contributed by atoms with Gasteiger partial charge in [-0.1, -0.05) is 12.1 Å². The molecule has 1 aliphatic rings. The van der Waals surface area contributed by atoms with Crippen LogP contribution in [0.3, 0.4) is 0 Å². The molecule has 0 spiro atoms. The molecule has 4 aromatic carbocycles. The number of hydrazone groups is 1. The number of rotatable bonds is 8. The van der Waals surface area contributed by atoms with E-state index < -0.39 is 43.3 Å². The van der Waals surface area contributed by atoms with E-state index in [1.165, 1.54) is 29.3 Å². The number of carbonyl (C=O) groups excluding carboxylic acids is 1. The van der Waals surface area contributed by atoms with Crippen LogP contribution in [0.5, 0.6) is 0 Å². The van der Waals surface area contributed by atoms with E-state index in [0.717, 1.165) is 17.4 Å². The van der Waals surface area contributed by atoms with Gasteiger partial charge >= 0.3 is 0 Å². The molecule has 2 heterocycles. The summed E-state index contributed by atoms with van der Waals surface area (Å²) in [7, 11) is -9.28. The van der Waals surface area contributed by atoms with Gasteiger partial charge in [0.15, 0.2) is 12.3 Å². The summed E-state index contributed by atoms with van der Waals surface area (Å²) in [5.41, 5.74) is 8.45. The van der Waals surface area contributed by atoms with Gasteiger partial charge in [0, 0.05) is 81.6 Å². The summed E-state index contributed by atoms with van der Waals surface area (Å²) in [5, 5.41) is 28.0. The fourth-order valence-corrected chi connectivity index (χ4v) is 8.11. The largest absolute Gasteiger partial charge is 0.399 e. The molecular formula is C31H27N7Na2O8S3. The van der Waals surface area contributed by atoms with E-state index in [-0.39, 0.29) is 80.9 Å². The molecule has 6 N–H and O–H groups in total. The zero-order valence-electron chi connectivity index (χ0n) is 27.6. The molecule has 51 heavy (non-hydrogen) atoms. The first kappa shape index (κ1) is 40.7. The van der Waals surface area contributed by atoms with E-state index in [1.807, 2.05) is 0 Å². The smallest absolute Gasteiger partial charge is 0.296 e. The van der Waals surface area contributed by atoms with Crippen LogP contribution in [0.4, 0.5) is 22.7 Å². The molecule has 20 heteroatoms. The van der Waals surface area contributed by atoms with Crippen molar-refractivity contribution in [1.29, 1.82) is 0 Å². The summed E-state index contributed by atoms with van der Waals surface area (Å²) in [5.74, 6) is -0.557. The Morgan fingerprint density at radius 3 is 2.29 bits per heavy atom. The molecule has 15 nitrogen and oxygen atoms in total. The van der Waals surface area contributed by atoms with Crippen molar-refractivity contribution in [3.05, 3.63) is 90.0 Å². The summed E-state index contributed by atoms with van der Waals surface area (Å²) >= 11 is 1.11. The molecule has 0 bridgehead atoms. The minimum atomic E-state index is -4.81. The summed E-state index contributed by atoms with van der Waals surface area (Å²) in [6.07, 6.45) is -1.33. The molecule has 1 amide bonds. The van der Waals surface area contributed by atoms with Gasteiger partial charge in [-0.05, 0) is 86.1 Å². The molecule has 2 unspecified atom stereocenters. The third-order valence-corrected chi connectivity index (χ3v) is 10.7. The molecule has 2 radical (unpaired) electrons. The second-order valence-electron chi connectivity index (χ2n) is 11.0. The number of benzene rings is 4. The summed E-state index contributed by atoms with van der Waals surface area (Å²) in [6, 6.07) is 18.8. The van der Waals surface area contributed by atoms with Crippen LogP contribution < -0.4 is 16.1 Å². The van der Waals surface area contributed by atoms with Crippen molar-refractivity contribution in [2.45, 2.75) is 35.9 Å². The van der Waals surface area contributed by atoms with Crippen LogP contribution in [0.25, 0.3) is 20.8 Å². The number of aryl methyl sites for hydroxylation is 1. The average Bonchev–Trinajstić information content (AvgIpc) is 3.59. The van der Waals surface area contributed by atoms with E-state index in [2.05, 4.69) is 25.6 Å². The first-order valence-corrected chi connectivity index (χ1v) is 18.0. The van der Waals surface area contributed by atoms with Gasteiger partial charge in [-0.25, -0.2) is 9.99 Å². The molecular weight excluding hydrogens is 741 g/mol. The van der Waals surface area contributed by atoms with Crippen molar-refractivity contribution in [1.82, 2.24) is 4.98 Å². The molecule has 1 aromatic heterocycles. The summed E-state index contributed by atoms with van der Waals surface area (Å²) < 4.78 is 68.4. The SMILES string of the molecule is CC1=NN(c2ccc(-c3nc4ccc(C)c(S(=O)(=O)O)c4s3)cc2)C(O)C1N=Nc1ccc(NC(=O)c2cccc(N)c2)cc1S(=O)(=O)O.[Na].[Na]. The van der Waals surface area contributed by atoms with Gasteiger partial charge in [0.2, 0.25) is 0 Å². The quantitative estimate of drug-likeness (QED) is 0.0638. The molecule has 6 rings (SSSR count). The monoisotopic (exact) mass is 767 g/mol. The van der Waals surface area contributed by atoms with Crippen LogP contribution in [0.15, 0.2) is 104 Å². The Labute approximate surface area is 340 Å². The van der Waals surface area contributed by atoms with Crippen molar-refractivity contribution >= 4 is 135 Å². The molecule has 1 aliphatic heterocycles. The maximum atomic E-state index is 12.6. The molecule has 0 fully saturated rings. The number of hydrogen-bond acceptors (Lipinski definition) is 13. The van der Waals surface area contributed by atoms with Crippen molar-refractivity contribution in [2.24, 2.45) is 15.3 Å². The van der Waals surface area contributed by atoms with Gasteiger partial charge in [-0.3, -0.25) is 13.9 Å². The normalized spacial score (nSPS) is 16.1. The number of nitrogens with one attached hydrogen (secondary N) is 1. The van der Waals surface area contributed by atoms with E-state index in [4.69, 9.17) is 5.73 Å². The number of aliphatic hydroxyl groups excluding tert-OH is 1. The van der Waals surface area contributed by atoms with Gasteiger partial charge in [0.1, 0.15) is 20.5 Å². The second-order valence-corrected chi connectivity index (χ2v) is 14.7. The molecule has 0 saturated heterocycles. The zero-order chi connectivity index (χ0) is 35.2. The average molecular weight is 768 g/mol. The van der Waals surface area contributed by atoms with E-state index in [9.17, 15) is 35.8 Å². The molecule has 2 atom stereocenters. The van der Waals surface area contributed by atoms with Crippen molar-refractivity contribution in [3.63, 3.8) is 0 Å². The van der Waals surface area contributed by atoms with Crippen LogP contribution in [0, 0.1) is 6.92 Å². The van der Waals surface area contributed by atoms with Crippen molar-refractivity contribution < 1.29 is 35.8 Å². The van der Waals surface area contributed by atoms with Crippen LogP contribution >= 0.6 is 11.3 Å². The second kappa shape index (κ2) is 15.9. The van der Waals surface area contributed by atoms with E-state index in [0.29, 0.717) is 43.4 Å². The van der Waals surface area contributed by atoms with Gasteiger partial charge in [0.25, 0.3) is 26.1 Å². The minimum absolute atomic E-state index is 0. The predicted octanol–water partition coefficient (Wildman–Crippen LogP) is 4.50. The number of aromatic nitrogens is 1. The number of amides is 1. The first-order valence-electron chi connectivity index (χ1n) is 14.3. The Kier molecular flexibility index (Phi) is 12.6. The number of nitrogens with zero attached hydrogens (tertiary/aromatic N) is 5. The third-order valence-electron chi connectivity index (χ3n) is 7.51. The number of nitrogen functional groups attached to an aromatic ring is 1. The van der Waals surface area contributed by atoms with Gasteiger partial charge in [-0.2, -0.15) is 32.2 Å². The van der Waals surface area contributed by atoms with Gasteiger partial charge in [-0.15, -0.1) is 11.3 Å². The number of fused-ring (bicyclic) bond motifs is 1. The first-order chi connectivity index (χ1) is 23.1. The fourth-order valence-electron chi connectivity index (χ4n) is 5.15. The maximum absolute atomic E-state index is 12.6. The van der Waals surface area contributed by atoms with Crippen LogP contribution in [-0.2, 0) is 20.2 Å². The number of hydrogen-bond donors (Lipinski definition) is 5. The molecule has 0 saturated carbocycles. The van der Waals surface area contributed by atoms with Crippen molar-refractivity contribution in [2.75, 3.05) is 16.1 Å². The summed E-state index contributed by atoms with van der Waals surface area (Å²) in [6.45, 7) is 3.19. The topological polar surface area (TPSA) is 237 Å². The molecule has 254 valence electrons. The number of carbonyl (C=O) groups is 1. The Morgan fingerprint density at radius 1 is 0.941 bits per heavy atom.